The van der Waals surface area contributed by atoms with Crippen molar-refractivity contribution in [1.82, 2.24) is 5.32 Å². The number of halogens is 1. The molecular formula is C15H12FNO3. The summed E-state index contributed by atoms with van der Waals surface area (Å²) in [6, 6.07) is 11.3. The highest BCUT2D eigenvalue weighted by Crippen LogP contribution is 2.35. The Labute approximate surface area is 115 Å². The number of nitrogens with one attached hydrogen (secondary N) is 1. The number of hydrogen-bond acceptors (Lipinski definition) is 3. The van der Waals surface area contributed by atoms with Gasteiger partial charge in [0.15, 0.2) is 11.5 Å². The minimum Gasteiger partial charge on any atom is -0.454 e. The van der Waals surface area contributed by atoms with Gasteiger partial charge in [-0.05, 0) is 18.2 Å². The third-order valence-corrected chi connectivity index (χ3v) is 3.04. The lowest BCUT2D eigenvalue weighted by molar-refractivity contribution is 0.0946. The summed E-state index contributed by atoms with van der Waals surface area (Å²) >= 11 is 0. The molecule has 3 rings (SSSR count). The highest BCUT2D eigenvalue weighted by atomic mass is 19.1. The summed E-state index contributed by atoms with van der Waals surface area (Å²) in [6.07, 6.45) is 0. The highest BCUT2D eigenvalue weighted by molar-refractivity contribution is 5.94. The quantitative estimate of drug-likeness (QED) is 0.934. The van der Waals surface area contributed by atoms with Gasteiger partial charge in [0.1, 0.15) is 5.82 Å². The second-order valence-corrected chi connectivity index (χ2v) is 4.31. The summed E-state index contributed by atoms with van der Waals surface area (Å²) in [5.74, 6) is 0.284. The topological polar surface area (TPSA) is 47.6 Å². The highest BCUT2D eigenvalue weighted by Gasteiger charge is 2.18. The third-order valence-electron chi connectivity index (χ3n) is 3.04. The van der Waals surface area contributed by atoms with Crippen LogP contribution in [0.1, 0.15) is 15.9 Å². The summed E-state index contributed by atoms with van der Waals surface area (Å²) in [5.41, 5.74) is 0.821. The van der Waals surface area contributed by atoms with E-state index in [-0.39, 0.29) is 18.9 Å². The molecule has 0 saturated carbocycles. The Morgan fingerprint density at radius 2 is 2.00 bits per heavy atom. The molecule has 1 aliphatic heterocycles. The Kier molecular flexibility index (Phi) is 3.25. The number of ether oxygens (including phenoxy) is 2. The van der Waals surface area contributed by atoms with Gasteiger partial charge in [0.05, 0.1) is 5.56 Å². The molecule has 1 heterocycles. The van der Waals surface area contributed by atoms with E-state index >= 15 is 0 Å². The smallest absolute Gasteiger partial charge is 0.254 e. The van der Waals surface area contributed by atoms with E-state index in [9.17, 15) is 9.18 Å². The van der Waals surface area contributed by atoms with Crippen molar-refractivity contribution in [2.45, 2.75) is 6.54 Å². The van der Waals surface area contributed by atoms with E-state index in [1.165, 1.54) is 12.1 Å². The maximum Gasteiger partial charge on any atom is 0.254 e. The van der Waals surface area contributed by atoms with Crippen molar-refractivity contribution >= 4 is 5.91 Å². The van der Waals surface area contributed by atoms with Gasteiger partial charge in [0.2, 0.25) is 6.79 Å². The molecule has 2 aromatic rings. The average molecular weight is 273 g/mol. The molecule has 0 saturated heterocycles. The molecule has 5 heteroatoms. The first-order valence-electron chi connectivity index (χ1n) is 6.16. The SMILES string of the molecule is O=C(NCc1cccc2c1OCO2)c1ccccc1F. The van der Waals surface area contributed by atoms with Crippen LogP contribution in [0.3, 0.4) is 0 Å². The molecule has 1 amide bonds. The lowest BCUT2D eigenvalue weighted by Crippen LogP contribution is -2.23. The Morgan fingerprint density at radius 3 is 2.85 bits per heavy atom. The Bertz CT molecular complexity index is 657. The standard InChI is InChI=1S/C15H12FNO3/c16-12-6-2-1-5-11(12)15(18)17-8-10-4-3-7-13-14(10)20-9-19-13/h1-7H,8-9H2,(H,17,18). The predicted octanol–water partition coefficient (Wildman–Crippen LogP) is 2.48. The van der Waals surface area contributed by atoms with Crippen LogP contribution in [0, 0.1) is 5.82 Å². The number of para-hydroxylation sites is 1. The molecule has 0 aromatic heterocycles. The van der Waals surface area contributed by atoms with Crippen molar-refractivity contribution in [2.24, 2.45) is 0 Å². The lowest BCUT2D eigenvalue weighted by Gasteiger charge is -2.08. The minimum atomic E-state index is -0.539. The van der Waals surface area contributed by atoms with Gasteiger partial charge in [-0.1, -0.05) is 24.3 Å². The fourth-order valence-corrected chi connectivity index (χ4v) is 2.05. The van der Waals surface area contributed by atoms with Gasteiger partial charge >= 0.3 is 0 Å². The summed E-state index contributed by atoms with van der Waals surface area (Å²) < 4.78 is 24.1. The monoisotopic (exact) mass is 273 g/mol. The van der Waals surface area contributed by atoms with Crippen LogP contribution in [0.15, 0.2) is 42.5 Å². The number of benzene rings is 2. The van der Waals surface area contributed by atoms with Gasteiger partial charge in [-0.15, -0.1) is 0 Å². The van der Waals surface area contributed by atoms with Gasteiger partial charge < -0.3 is 14.8 Å². The lowest BCUT2D eigenvalue weighted by atomic mass is 10.1. The number of hydrogen-bond donors (Lipinski definition) is 1. The van der Waals surface area contributed by atoms with Crippen LogP contribution in [0.2, 0.25) is 0 Å². The first-order chi connectivity index (χ1) is 9.75. The van der Waals surface area contributed by atoms with E-state index in [0.29, 0.717) is 11.5 Å². The van der Waals surface area contributed by atoms with Crippen LogP contribution < -0.4 is 14.8 Å². The van der Waals surface area contributed by atoms with Crippen molar-refractivity contribution < 1.29 is 18.7 Å². The fraction of sp³-hybridized carbons (Fsp3) is 0.133. The molecule has 0 fully saturated rings. The summed E-state index contributed by atoms with van der Waals surface area (Å²) in [7, 11) is 0. The number of carbonyl (C=O) groups is 1. The van der Waals surface area contributed by atoms with Crippen molar-refractivity contribution in [3.8, 4) is 11.5 Å². The Morgan fingerprint density at radius 1 is 1.15 bits per heavy atom. The maximum atomic E-state index is 13.5. The third kappa shape index (κ3) is 2.30. The van der Waals surface area contributed by atoms with Crippen LogP contribution in [0.25, 0.3) is 0 Å². The molecule has 0 bridgehead atoms. The van der Waals surface area contributed by atoms with E-state index in [1.807, 2.05) is 12.1 Å². The number of rotatable bonds is 3. The zero-order valence-corrected chi connectivity index (χ0v) is 10.6. The van der Waals surface area contributed by atoms with Crippen molar-refractivity contribution in [1.29, 1.82) is 0 Å². The van der Waals surface area contributed by atoms with Gasteiger partial charge in [-0.25, -0.2) is 4.39 Å². The molecule has 4 nitrogen and oxygen atoms in total. The van der Waals surface area contributed by atoms with E-state index < -0.39 is 11.7 Å². The van der Waals surface area contributed by atoms with Gasteiger partial charge in [0.25, 0.3) is 5.91 Å². The molecule has 2 aromatic carbocycles. The average Bonchev–Trinajstić information content (AvgIpc) is 2.94. The molecule has 102 valence electrons. The molecule has 0 spiro atoms. The summed E-state index contributed by atoms with van der Waals surface area (Å²) in [5, 5.41) is 2.67. The molecule has 20 heavy (non-hydrogen) atoms. The normalized spacial score (nSPS) is 12.2. The zero-order valence-electron chi connectivity index (χ0n) is 10.6. The van der Waals surface area contributed by atoms with E-state index in [4.69, 9.17) is 9.47 Å². The van der Waals surface area contributed by atoms with Crippen molar-refractivity contribution in [3.63, 3.8) is 0 Å². The first kappa shape index (κ1) is 12.5. The number of carbonyl (C=O) groups excluding carboxylic acids is 1. The molecule has 0 atom stereocenters. The minimum absolute atomic E-state index is 0.0252. The van der Waals surface area contributed by atoms with Crippen molar-refractivity contribution in [2.75, 3.05) is 6.79 Å². The van der Waals surface area contributed by atoms with Crippen LogP contribution >= 0.6 is 0 Å². The molecule has 0 unspecified atom stereocenters. The first-order valence-corrected chi connectivity index (χ1v) is 6.16. The van der Waals surface area contributed by atoms with Crippen LogP contribution in [0.4, 0.5) is 4.39 Å². The molecule has 0 radical (unpaired) electrons. The van der Waals surface area contributed by atoms with Gasteiger partial charge in [-0.2, -0.15) is 0 Å². The maximum absolute atomic E-state index is 13.5. The van der Waals surface area contributed by atoms with Gasteiger partial charge in [-0.3, -0.25) is 4.79 Å². The van der Waals surface area contributed by atoms with Crippen LogP contribution in [-0.4, -0.2) is 12.7 Å². The molecular weight excluding hydrogens is 261 g/mol. The van der Waals surface area contributed by atoms with Gasteiger partial charge in [0, 0.05) is 12.1 Å². The number of amides is 1. The summed E-state index contributed by atoms with van der Waals surface area (Å²) in [6.45, 7) is 0.424. The Hall–Kier alpha value is -2.56. The largest absolute Gasteiger partial charge is 0.454 e. The van der Waals surface area contributed by atoms with E-state index in [0.717, 1.165) is 5.56 Å². The van der Waals surface area contributed by atoms with Crippen molar-refractivity contribution in [3.05, 3.63) is 59.4 Å². The second kappa shape index (κ2) is 5.21. The van der Waals surface area contributed by atoms with E-state index in [1.54, 1.807) is 18.2 Å². The Balaban J connectivity index is 1.73. The predicted molar refractivity (Wildman–Crippen MR) is 70.1 cm³/mol. The van der Waals surface area contributed by atoms with Crippen LogP contribution in [-0.2, 0) is 6.54 Å². The van der Waals surface area contributed by atoms with Crippen LogP contribution in [0.5, 0.6) is 11.5 Å². The van der Waals surface area contributed by atoms with E-state index in [2.05, 4.69) is 5.32 Å². The molecule has 1 aliphatic rings. The summed E-state index contributed by atoms with van der Waals surface area (Å²) in [4.78, 5) is 11.9. The fourth-order valence-electron chi connectivity index (χ4n) is 2.05. The second-order valence-electron chi connectivity index (χ2n) is 4.31. The zero-order chi connectivity index (χ0) is 13.9. The number of fused-ring (bicyclic) bond motifs is 1. The molecule has 0 aliphatic carbocycles. The molecule has 1 N–H and O–H groups in total.